The number of benzene rings is 2. The predicted octanol–water partition coefficient (Wildman–Crippen LogP) is 3.71. The monoisotopic (exact) mass is 422 g/mol. The van der Waals surface area contributed by atoms with Crippen LogP contribution in [-0.2, 0) is 0 Å². The van der Waals surface area contributed by atoms with Gasteiger partial charge in [0.25, 0.3) is 0 Å². The number of imidazole rings is 1. The van der Waals surface area contributed by atoms with Gasteiger partial charge in [-0.15, -0.1) is 0 Å². The number of nitrogens with zero attached hydrogens (tertiary/aromatic N) is 4. The quantitative estimate of drug-likeness (QED) is 0.448. The van der Waals surface area contributed by atoms with E-state index in [9.17, 15) is 14.6 Å². The van der Waals surface area contributed by atoms with Crippen LogP contribution in [0.3, 0.4) is 0 Å². The molecule has 0 aliphatic heterocycles. The van der Waals surface area contributed by atoms with E-state index in [1.54, 1.807) is 41.8 Å². The van der Waals surface area contributed by atoms with E-state index in [4.69, 9.17) is 4.74 Å². The lowest BCUT2D eigenvalue weighted by Gasteiger charge is -2.18. The normalized spacial score (nSPS) is 12.3. The molecule has 0 saturated carbocycles. The van der Waals surface area contributed by atoms with Gasteiger partial charge in [-0.2, -0.15) is 4.99 Å². The fourth-order valence-corrected chi connectivity index (χ4v) is 2.99. The van der Waals surface area contributed by atoms with Crippen LogP contribution in [0.2, 0.25) is 0 Å². The molecule has 0 bridgehead atoms. The maximum absolute atomic E-state index is 13.4. The number of aliphatic hydroxyl groups is 2. The van der Waals surface area contributed by atoms with Crippen molar-refractivity contribution in [1.82, 2.24) is 9.55 Å². The van der Waals surface area contributed by atoms with Crippen molar-refractivity contribution >= 4 is 18.4 Å². The first-order valence-corrected chi connectivity index (χ1v) is 9.60. The van der Waals surface area contributed by atoms with Crippen LogP contribution in [0.1, 0.15) is 18.7 Å². The highest BCUT2D eigenvalue weighted by molar-refractivity contribution is 5.88. The lowest BCUT2D eigenvalue weighted by atomic mass is 10.1. The maximum Gasteiger partial charge on any atom is 0.321 e. The molecular weight excluding hydrogens is 399 g/mol. The van der Waals surface area contributed by atoms with Gasteiger partial charge < -0.3 is 19.5 Å². The third-order valence-electron chi connectivity index (χ3n) is 4.55. The van der Waals surface area contributed by atoms with Crippen LogP contribution < -0.4 is 4.74 Å². The SMILES string of the molecule is C=NC(=N/C(=C\C)c1c(-c2ccc(F)cc2)ncn1C(CO)CO)Oc1ccccc1. The molecule has 0 aliphatic carbocycles. The van der Waals surface area contributed by atoms with Crippen LogP contribution in [0.15, 0.2) is 77.0 Å². The maximum atomic E-state index is 13.4. The Kier molecular flexibility index (Phi) is 7.42. The molecule has 0 amide bonds. The fraction of sp³-hybridized carbons (Fsp3) is 0.174. The Morgan fingerprint density at radius 1 is 1.16 bits per heavy atom. The zero-order valence-corrected chi connectivity index (χ0v) is 17.0. The molecule has 1 aromatic heterocycles. The topological polar surface area (TPSA) is 92.2 Å². The number of para-hydroxylation sites is 1. The minimum Gasteiger partial charge on any atom is -0.424 e. The molecule has 0 spiro atoms. The second-order valence-corrected chi connectivity index (χ2v) is 6.52. The van der Waals surface area contributed by atoms with E-state index < -0.39 is 6.04 Å². The van der Waals surface area contributed by atoms with E-state index in [-0.39, 0.29) is 25.1 Å². The van der Waals surface area contributed by atoms with Crippen molar-refractivity contribution in [2.45, 2.75) is 13.0 Å². The molecule has 0 atom stereocenters. The van der Waals surface area contributed by atoms with Crippen LogP contribution in [0.5, 0.6) is 5.75 Å². The van der Waals surface area contributed by atoms with Crippen LogP contribution in [0, 0.1) is 5.82 Å². The number of halogens is 1. The standard InChI is InChI=1S/C23H23FN4O3/c1-3-20(27-23(25-2)31-19-7-5-4-6-8-19)22-21(16-9-11-17(24)12-10-16)26-15-28(22)18(13-29)14-30/h3-12,15,18,29-30H,2,13-14H2,1H3/b20-3-,27-23?. The van der Waals surface area contributed by atoms with Crippen LogP contribution >= 0.6 is 0 Å². The van der Waals surface area contributed by atoms with Gasteiger partial charge in [0.1, 0.15) is 11.6 Å². The number of rotatable bonds is 7. The molecule has 8 heteroatoms. The lowest BCUT2D eigenvalue weighted by molar-refractivity contribution is 0.154. The summed E-state index contributed by atoms with van der Waals surface area (Å²) in [4.78, 5) is 12.8. The highest BCUT2D eigenvalue weighted by Crippen LogP contribution is 2.31. The second kappa shape index (κ2) is 10.4. The second-order valence-electron chi connectivity index (χ2n) is 6.52. The molecule has 1 heterocycles. The van der Waals surface area contributed by atoms with Crippen LogP contribution in [0.4, 0.5) is 4.39 Å². The van der Waals surface area contributed by atoms with Gasteiger partial charge >= 0.3 is 6.02 Å². The Morgan fingerprint density at radius 3 is 2.42 bits per heavy atom. The minimum atomic E-state index is -0.642. The summed E-state index contributed by atoms with van der Waals surface area (Å²) >= 11 is 0. The Balaban J connectivity index is 2.11. The van der Waals surface area contributed by atoms with E-state index in [1.807, 2.05) is 18.2 Å². The summed E-state index contributed by atoms with van der Waals surface area (Å²) in [6.07, 6.45) is 3.23. The molecule has 7 nitrogen and oxygen atoms in total. The summed E-state index contributed by atoms with van der Waals surface area (Å²) in [5, 5.41) is 19.5. The molecule has 2 aromatic carbocycles. The molecule has 160 valence electrons. The zero-order chi connectivity index (χ0) is 22.2. The Hall–Kier alpha value is -3.62. The largest absolute Gasteiger partial charge is 0.424 e. The lowest BCUT2D eigenvalue weighted by Crippen LogP contribution is -2.19. The van der Waals surface area contributed by atoms with E-state index in [2.05, 4.69) is 21.7 Å². The first kappa shape index (κ1) is 22.1. The van der Waals surface area contributed by atoms with Gasteiger partial charge in [0.2, 0.25) is 0 Å². The summed E-state index contributed by atoms with van der Waals surface area (Å²) in [5.74, 6) is 0.173. The number of amidine groups is 1. The average molecular weight is 422 g/mol. The van der Waals surface area contributed by atoms with Crippen molar-refractivity contribution in [3.8, 4) is 17.0 Å². The first-order chi connectivity index (χ1) is 15.1. The molecule has 31 heavy (non-hydrogen) atoms. The summed E-state index contributed by atoms with van der Waals surface area (Å²) in [7, 11) is 0. The van der Waals surface area contributed by atoms with Crippen molar-refractivity contribution < 1.29 is 19.3 Å². The van der Waals surface area contributed by atoms with E-state index in [0.29, 0.717) is 28.4 Å². The van der Waals surface area contributed by atoms with Crippen molar-refractivity contribution in [3.05, 3.63) is 78.5 Å². The third kappa shape index (κ3) is 5.11. The number of aliphatic imine (C=N–C) groups is 2. The molecule has 0 fully saturated rings. The van der Waals surface area contributed by atoms with Gasteiger partial charge in [0, 0.05) is 5.56 Å². The summed E-state index contributed by atoms with van der Waals surface area (Å²) in [5.41, 5.74) is 2.10. The van der Waals surface area contributed by atoms with Gasteiger partial charge in [-0.05, 0) is 50.0 Å². The van der Waals surface area contributed by atoms with Gasteiger partial charge in [-0.1, -0.05) is 24.3 Å². The van der Waals surface area contributed by atoms with Gasteiger partial charge in [0.05, 0.1) is 42.7 Å². The molecule has 2 N–H and O–H groups in total. The average Bonchev–Trinajstić information content (AvgIpc) is 3.23. The van der Waals surface area contributed by atoms with Gasteiger partial charge in [-0.3, -0.25) is 0 Å². The zero-order valence-electron chi connectivity index (χ0n) is 17.0. The number of hydrogen-bond acceptors (Lipinski definition) is 5. The molecular formula is C23H23FN4O3. The minimum absolute atomic E-state index is 0.0154. The summed E-state index contributed by atoms with van der Waals surface area (Å²) in [6, 6.07) is 14.3. The molecule has 0 aliphatic rings. The van der Waals surface area contributed by atoms with E-state index >= 15 is 0 Å². The number of aromatic nitrogens is 2. The Bertz CT molecular complexity index is 1070. The Morgan fingerprint density at radius 2 is 1.84 bits per heavy atom. The number of hydrogen-bond donors (Lipinski definition) is 2. The highest BCUT2D eigenvalue weighted by Gasteiger charge is 2.22. The number of allylic oxidation sites excluding steroid dienone is 1. The smallest absolute Gasteiger partial charge is 0.321 e. The number of aliphatic hydroxyl groups excluding tert-OH is 2. The Labute approximate surface area is 179 Å². The van der Waals surface area contributed by atoms with Crippen LogP contribution in [0.25, 0.3) is 17.0 Å². The summed E-state index contributed by atoms with van der Waals surface area (Å²) < 4.78 is 20.8. The van der Waals surface area contributed by atoms with Crippen molar-refractivity contribution in [2.75, 3.05) is 13.2 Å². The number of ether oxygens (including phenoxy) is 1. The van der Waals surface area contributed by atoms with Gasteiger partial charge in [-0.25, -0.2) is 14.4 Å². The van der Waals surface area contributed by atoms with Gasteiger partial charge in [0.15, 0.2) is 0 Å². The third-order valence-corrected chi connectivity index (χ3v) is 4.55. The van der Waals surface area contributed by atoms with Crippen molar-refractivity contribution in [1.29, 1.82) is 0 Å². The van der Waals surface area contributed by atoms with E-state index in [0.717, 1.165) is 0 Å². The van der Waals surface area contributed by atoms with Crippen molar-refractivity contribution in [3.63, 3.8) is 0 Å². The molecule has 0 saturated heterocycles. The summed E-state index contributed by atoms with van der Waals surface area (Å²) in [6.45, 7) is 4.69. The molecule has 0 unspecified atom stereocenters. The van der Waals surface area contributed by atoms with Crippen molar-refractivity contribution in [2.24, 2.45) is 9.98 Å². The molecule has 0 radical (unpaired) electrons. The predicted molar refractivity (Wildman–Crippen MR) is 119 cm³/mol. The highest BCUT2D eigenvalue weighted by atomic mass is 19.1. The first-order valence-electron chi connectivity index (χ1n) is 9.60. The fourth-order valence-electron chi connectivity index (χ4n) is 2.99. The van der Waals surface area contributed by atoms with Crippen LogP contribution in [-0.4, -0.2) is 45.7 Å². The molecule has 3 aromatic rings. The molecule has 3 rings (SSSR count). The van der Waals surface area contributed by atoms with E-state index in [1.165, 1.54) is 18.5 Å².